The van der Waals surface area contributed by atoms with Crippen molar-refractivity contribution >= 4 is 27.5 Å². The van der Waals surface area contributed by atoms with Gasteiger partial charge in [0.15, 0.2) is 0 Å². The molecule has 2 aromatic rings. The summed E-state index contributed by atoms with van der Waals surface area (Å²) in [5.41, 5.74) is 3.85. The number of sulfonamides is 1. The monoisotopic (exact) mass is 495 g/mol. The molecule has 5 rings (SSSR count). The lowest BCUT2D eigenvalue weighted by atomic mass is 9.88. The Balaban J connectivity index is 1.32. The molecule has 0 bridgehead atoms. The second kappa shape index (κ2) is 9.74. The zero-order valence-electron chi connectivity index (χ0n) is 20.2. The lowest BCUT2D eigenvalue weighted by Crippen LogP contribution is -2.44. The van der Waals surface area contributed by atoms with Crippen molar-refractivity contribution in [1.29, 1.82) is 0 Å². The minimum atomic E-state index is -3.57. The first-order valence-electron chi connectivity index (χ1n) is 12.6. The SMILES string of the molecule is CC1CCN(S(=O)(=O)c2ccc3c(c2)CCC(=O)N3CC(=O)N[C@H]2CCCc3ccccc32)CC1. The zero-order valence-corrected chi connectivity index (χ0v) is 21.0. The summed E-state index contributed by atoms with van der Waals surface area (Å²) in [5.74, 6) is 0.224. The van der Waals surface area contributed by atoms with E-state index in [4.69, 9.17) is 0 Å². The highest BCUT2D eigenvalue weighted by molar-refractivity contribution is 7.89. The summed E-state index contributed by atoms with van der Waals surface area (Å²) in [6, 6.07) is 13.1. The highest BCUT2D eigenvalue weighted by atomic mass is 32.2. The van der Waals surface area contributed by atoms with Crippen molar-refractivity contribution in [2.45, 2.75) is 62.8 Å². The van der Waals surface area contributed by atoms with Crippen LogP contribution >= 0.6 is 0 Å². The van der Waals surface area contributed by atoms with Crippen molar-refractivity contribution in [2.75, 3.05) is 24.5 Å². The molecule has 2 aliphatic heterocycles. The fraction of sp³-hybridized carbons (Fsp3) is 0.481. The molecule has 0 spiro atoms. The number of carbonyl (C=O) groups is 2. The number of aryl methyl sites for hydroxylation is 2. The van der Waals surface area contributed by atoms with E-state index in [1.54, 1.807) is 22.5 Å². The highest BCUT2D eigenvalue weighted by Gasteiger charge is 2.32. The van der Waals surface area contributed by atoms with Crippen LogP contribution < -0.4 is 10.2 Å². The van der Waals surface area contributed by atoms with Crippen molar-refractivity contribution < 1.29 is 18.0 Å². The number of nitrogens with zero attached hydrogens (tertiary/aromatic N) is 2. The predicted molar refractivity (Wildman–Crippen MR) is 135 cm³/mol. The van der Waals surface area contributed by atoms with E-state index in [9.17, 15) is 18.0 Å². The maximum Gasteiger partial charge on any atom is 0.243 e. The van der Waals surface area contributed by atoms with Crippen LogP contribution in [-0.4, -0.2) is 44.2 Å². The molecule has 0 saturated carbocycles. The van der Waals surface area contributed by atoms with Gasteiger partial charge in [0.2, 0.25) is 21.8 Å². The van der Waals surface area contributed by atoms with E-state index in [0.717, 1.165) is 43.2 Å². The van der Waals surface area contributed by atoms with E-state index in [1.807, 2.05) is 12.1 Å². The number of hydrogen-bond acceptors (Lipinski definition) is 4. The smallest absolute Gasteiger partial charge is 0.243 e. The van der Waals surface area contributed by atoms with Crippen LogP contribution in [0.25, 0.3) is 0 Å². The zero-order chi connectivity index (χ0) is 24.6. The molecule has 8 heteroatoms. The van der Waals surface area contributed by atoms with Crippen LogP contribution in [0.2, 0.25) is 0 Å². The number of amides is 2. The molecular formula is C27H33N3O4S. The maximum atomic E-state index is 13.2. The Hall–Kier alpha value is -2.71. The molecule has 7 nitrogen and oxygen atoms in total. The van der Waals surface area contributed by atoms with E-state index in [2.05, 4.69) is 24.4 Å². The van der Waals surface area contributed by atoms with E-state index >= 15 is 0 Å². The summed E-state index contributed by atoms with van der Waals surface area (Å²) in [7, 11) is -3.57. The number of nitrogens with one attached hydrogen (secondary N) is 1. The van der Waals surface area contributed by atoms with E-state index < -0.39 is 10.0 Å². The normalized spacial score (nSPS) is 21.3. The largest absolute Gasteiger partial charge is 0.348 e. The molecule has 1 saturated heterocycles. The average Bonchev–Trinajstić information content (AvgIpc) is 2.86. The van der Waals surface area contributed by atoms with Gasteiger partial charge >= 0.3 is 0 Å². The molecule has 1 N–H and O–H groups in total. The molecule has 2 heterocycles. The van der Waals surface area contributed by atoms with Gasteiger partial charge in [0.05, 0.1) is 10.9 Å². The molecule has 1 atom stereocenters. The highest BCUT2D eigenvalue weighted by Crippen LogP contribution is 2.33. The second-order valence-electron chi connectivity index (χ2n) is 10.1. The van der Waals surface area contributed by atoms with Crippen molar-refractivity contribution in [3.8, 4) is 0 Å². The molecule has 0 radical (unpaired) electrons. The maximum absolute atomic E-state index is 13.2. The van der Waals surface area contributed by atoms with E-state index in [1.165, 1.54) is 10.5 Å². The molecule has 2 amide bonds. The Labute approximate surface area is 207 Å². The lowest BCUT2D eigenvalue weighted by Gasteiger charge is -2.32. The fourth-order valence-electron chi connectivity index (χ4n) is 5.53. The van der Waals surface area contributed by atoms with Gasteiger partial charge in [-0.15, -0.1) is 0 Å². The van der Waals surface area contributed by atoms with Gasteiger partial charge in [-0.25, -0.2) is 8.42 Å². The van der Waals surface area contributed by atoms with Crippen molar-refractivity contribution in [1.82, 2.24) is 9.62 Å². The van der Waals surface area contributed by atoms with Crippen LogP contribution in [-0.2, 0) is 32.5 Å². The molecule has 0 unspecified atom stereocenters. The van der Waals surface area contributed by atoms with Crippen LogP contribution in [0.15, 0.2) is 47.4 Å². The van der Waals surface area contributed by atoms with Crippen LogP contribution in [0.5, 0.6) is 0 Å². The average molecular weight is 496 g/mol. The van der Waals surface area contributed by atoms with Crippen LogP contribution in [0, 0.1) is 5.92 Å². The molecular weight excluding hydrogens is 462 g/mol. The van der Waals surface area contributed by atoms with Crippen molar-refractivity contribution in [3.05, 3.63) is 59.2 Å². The molecule has 2 aromatic carbocycles. The summed E-state index contributed by atoms with van der Waals surface area (Å²) in [4.78, 5) is 27.5. The Bertz CT molecular complexity index is 1230. The molecule has 1 fully saturated rings. The van der Waals surface area contributed by atoms with Crippen LogP contribution in [0.3, 0.4) is 0 Å². The van der Waals surface area contributed by atoms with Gasteiger partial charge in [0.25, 0.3) is 0 Å². The number of rotatable bonds is 5. The molecule has 0 aromatic heterocycles. The molecule has 1 aliphatic carbocycles. The third-order valence-electron chi connectivity index (χ3n) is 7.64. The minimum absolute atomic E-state index is 0.0495. The van der Waals surface area contributed by atoms with Gasteiger partial charge in [-0.3, -0.25) is 9.59 Å². The summed E-state index contributed by atoms with van der Waals surface area (Å²) >= 11 is 0. The van der Waals surface area contributed by atoms with Gasteiger partial charge in [0, 0.05) is 25.2 Å². The third-order valence-corrected chi connectivity index (χ3v) is 9.53. The Kier molecular flexibility index (Phi) is 6.68. The second-order valence-corrected chi connectivity index (χ2v) is 12.0. The lowest BCUT2D eigenvalue weighted by molar-refractivity contribution is -0.124. The van der Waals surface area contributed by atoms with Gasteiger partial charge in [-0.05, 0) is 79.3 Å². The number of anilines is 1. The van der Waals surface area contributed by atoms with E-state index in [0.29, 0.717) is 31.1 Å². The quantitative estimate of drug-likeness (QED) is 0.687. The van der Waals surface area contributed by atoms with Gasteiger partial charge in [0.1, 0.15) is 6.54 Å². The van der Waals surface area contributed by atoms with Crippen LogP contribution in [0.4, 0.5) is 5.69 Å². The first-order chi connectivity index (χ1) is 16.8. The predicted octanol–water partition coefficient (Wildman–Crippen LogP) is 3.58. The number of carbonyl (C=O) groups excluding carboxylic acids is 2. The third kappa shape index (κ3) is 4.86. The first-order valence-corrected chi connectivity index (χ1v) is 14.1. The Morgan fingerprint density at radius 2 is 1.77 bits per heavy atom. The number of hydrogen-bond donors (Lipinski definition) is 1. The van der Waals surface area contributed by atoms with Crippen LogP contribution in [0.1, 0.15) is 61.8 Å². The summed E-state index contributed by atoms with van der Waals surface area (Å²) in [6.07, 6.45) is 5.38. The Morgan fingerprint density at radius 1 is 1.00 bits per heavy atom. The number of fused-ring (bicyclic) bond motifs is 2. The van der Waals surface area contributed by atoms with Crippen molar-refractivity contribution in [2.24, 2.45) is 5.92 Å². The number of piperidine rings is 1. The standard InChI is InChI=1S/C27H33N3O4S/c1-19-13-15-29(16-14-19)35(33,34)22-10-11-25-21(17-22)9-12-27(32)30(25)18-26(31)28-24-8-4-6-20-5-2-3-7-23(20)24/h2-3,5,7,10-11,17,19,24H,4,6,8-9,12-16,18H2,1H3,(H,28,31)/t24-/m0/s1. The van der Waals surface area contributed by atoms with Crippen molar-refractivity contribution in [3.63, 3.8) is 0 Å². The molecule has 35 heavy (non-hydrogen) atoms. The number of benzene rings is 2. The van der Waals surface area contributed by atoms with Gasteiger partial charge in [-0.1, -0.05) is 31.2 Å². The minimum Gasteiger partial charge on any atom is -0.348 e. The fourth-order valence-corrected chi connectivity index (χ4v) is 7.05. The summed E-state index contributed by atoms with van der Waals surface area (Å²) < 4.78 is 28.0. The molecule has 186 valence electrons. The molecule has 3 aliphatic rings. The first kappa shape index (κ1) is 24.0. The van der Waals surface area contributed by atoms with Gasteiger partial charge in [-0.2, -0.15) is 4.31 Å². The summed E-state index contributed by atoms with van der Waals surface area (Å²) in [6.45, 7) is 3.16. The summed E-state index contributed by atoms with van der Waals surface area (Å²) in [5, 5.41) is 3.12. The van der Waals surface area contributed by atoms with Gasteiger partial charge < -0.3 is 10.2 Å². The topological polar surface area (TPSA) is 86.8 Å². The van der Waals surface area contributed by atoms with E-state index in [-0.39, 0.29) is 35.7 Å². The Morgan fingerprint density at radius 3 is 2.57 bits per heavy atom.